The van der Waals surface area contributed by atoms with Crippen LogP contribution in [-0.2, 0) is 6.42 Å². The monoisotopic (exact) mass is 280 g/mol. The lowest BCUT2D eigenvalue weighted by atomic mass is 9.94. The molecule has 0 atom stereocenters. The second-order valence-electron chi connectivity index (χ2n) is 6.51. The van der Waals surface area contributed by atoms with E-state index in [1.54, 1.807) is 0 Å². The van der Waals surface area contributed by atoms with Crippen molar-refractivity contribution >= 4 is 5.78 Å². The molecule has 1 aliphatic rings. The van der Waals surface area contributed by atoms with Gasteiger partial charge in [0.25, 0.3) is 0 Å². The van der Waals surface area contributed by atoms with E-state index in [4.69, 9.17) is 4.74 Å². The van der Waals surface area contributed by atoms with Crippen molar-refractivity contribution in [2.24, 2.45) is 0 Å². The molecule has 0 saturated carbocycles. The number of rotatable bonds is 2. The van der Waals surface area contributed by atoms with E-state index in [-0.39, 0.29) is 11.4 Å². The first-order valence-corrected chi connectivity index (χ1v) is 7.30. The molecule has 0 spiro atoms. The van der Waals surface area contributed by atoms with Gasteiger partial charge in [0.2, 0.25) is 0 Å². The maximum absolute atomic E-state index is 12.7. The van der Waals surface area contributed by atoms with E-state index in [0.717, 1.165) is 34.4 Å². The number of carbonyl (C=O) groups is 1. The normalized spacial score (nSPS) is 15.4. The van der Waals surface area contributed by atoms with Crippen LogP contribution < -0.4 is 4.74 Å². The molecule has 2 aromatic carbocycles. The lowest BCUT2D eigenvalue weighted by Crippen LogP contribution is -2.24. The second-order valence-corrected chi connectivity index (χ2v) is 6.51. The van der Waals surface area contributed by atoms with Crippen LogP contribution in [0.1, 0.15) is 46.5 Å². The van der Waals surface area contributed by atoms with Gasteiger partial charge in [-0.15, -0.1) is 0 Å². The molecule has 0 aliphatic carbocycles. The van der Waals surface area contributed by atoms with Gasteiger partial charge in [0.15, 0.2) is 5.78 Å². The zero-order valence-electron chi connectivity index (χ0n) is 13.0. The molecule has 21 heavy (non-hydrogen) atoms. The number of carbonyl (C=O) groups excluding carboxylic acids is 1. The van der Waals surface area contributed by atoms with Crippen molar-refractivity contribution in [1.82, 2.24) is 0 Å². The third-order valence-corrected chi connectivity index (χ3v) is 3.95. The standard InChI is InChI=1S/C19H20O2/c1-12-5-7-16(13(2)9-12)18(20)14-6-8-17-15(10-14)11-19(3,4)21-17/h5-10H,11H2,1-4H3. The van der Waals surface area contributed by atoms with Crippen LogP contribution in [0.3, 0.4) is 0 Å². The summed E-state index contributed by atoms with van der Waals surface area (Å²) in [7, 11) is 0. The van der Waals surface area contributed by atoms with Gasteiger partial charge in [0, 0.05) is 17.5 Å². The van der Waals surface area contributed by atoms with E-state index >= 15 is 0 Å². The van der Waals surface area contributed by atoms with Gasteiger partial charge in [-0.2, -0.15) is 0 Å². The van der Waals surface area contributed by atoms with Crippen molar-refractivity contribution in [1.29, 1.82) is 0 Å². The predicted octanol–water partition coefficient (Wildman–Crippen LogP) is 4.25. The van der Waals surface area contributed by atoms with Crippen molar-refractivity contribution in [3.8, 4) is 5.75 Å². The Bertz CT molecular complexity index is 726. The molecule has 0 fully saturated rings. The Labute approximate surface area is 125 Å². The van der Waals surface area contributed by atoms with Gasteiger partial charge < -0.3 is 4.74 Å². The molecule has 3 rings (SSSR count). The Morgan fingerprint density at radius 3 is 2.57 bits per heavy atom. The molecular weight excluding hydrogens is 260 g/mol. The van der Waals surface area contributed by atoms with Crippen molar-refractivity contribution in [2.75, 3.05) is 0 Å². The zero-order valence-corrected chi connectivity index (χ0v) is 13.0. The Kier molecular flexibility index (Phi) is 3.12. The van der Waals surface area contributed by atoms with Crippen LogP contribution in [-0.4, -0.2) is 11.4 Å². The van der Waals surface area contributed by atoms with Gasteiger partial charge >= 0.3 is 0 Å². The fourth-order valence-corrected chi connectivity index (χ4v) is 2.97. The molecule has 2 heteroatoms. The first-order chi connectivity index (χ1) is 9.85. The molecule has 0 aromatic heterocycles. The lowest BCUT2D eigenvalue weighted by Gasteiger charge is -2.16. The third-order valence-electron chi connectivity index (χ3n) is 3.95. The van der Waals surface area contributed by atoms with E-state index in [0.29, 0.717) is 0 Å². The van der Waals surface area contributed by atoms with Gasteiger partial charge in [-0.05, 0) is 57.0 Å². The summed E-state index contributed by atoms with van der Waals surface area (Å²) in [4.78, 5) is 12.7. The van der Waals surface area contributed by atoms with E-state index in [1.807, 2.05) is 50.2 Å². The van der Waals surface area contributed by atoms with Crippen LogP contribution in [0.5, 0.6) is 5.75 Å². The average molecular weight is 280 g/mol. The minimum atomic E-state index is -0.177. The van der Waals surface area contributed by atoms with Crippen LogP contribution >= 0.6 is 0 Å². The number of hydrogen-bond donors (Lipinski definition) is 0. The molecule has 1 aliphatic heterocycles. The number of hydrogen-bond acceptors (Lipinski definition) is 2. The maximum Gasteiger partial charge on any atom is 0.193 e. The first-order valence-electron chi connectivity index (χ1n) is 7.30. The molecule has 2 nitrogen and oxygen atoms in total. The fraction of sp³-hybridized carbons (Fsp3) is 0.316. The van der Waals surface area contributed by atoms with E-state index in [2.05, 4.69) is 13.8 Å². The van der Waals surface area contributed by atoms with Crippen LogP contribution in [0.2, 0.25) is 0 Å². The molecule has 108 valence electrons. The van der Waals surface area contributed by atoms with Crippen LogP contribution in [0.15, 0.2) is 36.4 Å². The molecule has 1 heterocycles. The lowest BCUT2D eigenvalue weighted by molar-refractivity contribution is 0.103. The number of ether oxygens (including phenoxy) is 1. The molecule has 2 aromatic rings. The highest BCUT2D eigenvalue weighted by atomic mass is 16.5. The van der Waals surface area contributed by atoms with Crippen molar-refractivity contribution < 1.29 is 9.53 Å². The second kappa shape index (κ2) is 4.73. The maximum atomic E-state index is 12.7. The highest BCUT2D eigenvalue weighted by Gasteiger charge is 2.30. The molecule has 0 radical (unpaired) electrons. The summed E-state index contributed by atoms with van der Waals surface area (Å²) in [5.41, 5.74) is 4.66. The largest absolute Gasteiger partial charge is 0.487 e. The SMILES string of the molecule is Cc1ccc(C(=O)c2ccc3c(c2)CC(C)(C)O3)c(C)c1. The minimum Gasteiger partial charge on any atom is -0.487 e. The summed E-state index contributed by atoms with van der Waals surface area (Å²) in [5.74, 6) is 0.984. The summed E-state index contributed by atoms with van der Waals surface area (Å²) in [6, 6.07) is 11.7. The van der Waals surface area contributed by atoms with Crippen LogP contribution in [0, 0.1) is 13.8 Å². The highest BCUT2D eigenvalue weighted by Crippen LogP contribution is 2.35. The van der Waals surface area contributed by atoms with Gasteiger partial charge in [0.1, 0.15) is 11.4 Å². The molecule has 0 bridgehead atoms. The van der Waals surface area contributed by atoms with Crippen LogP contribution in [0.4, 0.5) is 0 Å². The Morgan fingerprint density at radius 2 is 1.86 bits per heavy atom. The number of fused-ring (bicyclic) bond motifs is 1. The van der Waals surface area contributed by atoms with Gasteiger partial charge in [0.05, 0.1) is 0 Å². The molecular formula is C19H20O2. The number of aryl methyl sites for hydroxylation is 2. The Balaban J connectivity index is 1.97. The van der Waals surface area contributed by atoms with Crippen molar-refractivity contribution in [3.05, 3.63) is 64.2 Å². The van der Waals surface area contributed by atoms with Crippen molar-refractivity contribution in [2.45, 2.75) is 39.7 Å². The third kappa shape index (κ3) is 2.58. The summed E-state index contributed by atoms with van der Waals surface area (Å²) < 4.78 is 5.86. The van der Waals surface area contributed by atoms with Crippen molar-refractivity contribution in [3.63, 3.8) is 0 Å². The summed E-state index contributed by atoms with van der Waals surface area (Å²) in [5, 5.41) is 0. The van der Waals surface area contributed by atoms with Gasteiger partial charge in [-0.25, -0.2) is 0 Å². The predicted molar refractivity (Wildman–Crippen MR) is 84.2 cm³/mol. The quantitative estimate of drug-likeness (QED) is 0.769. The molecule has 0 amide bonds. The van der Waals surface area contributed by atoms with Gasteiger partial charge in [-0.1, -0.05) is 23.8 Å². The first kappa shape index (κ1) is 13.9. The summed E-state index contributed by atoms with van der Waals surface area (Å²) in [6.07, 6.45) is 0.844. The van der Waals surface area contributed by atoms with Gasteiger partial charge in [-0.3, -0.25) is 4.79 Å². The van der Waals surface area contributed by atoms with E-state index < -0.39 is 0 Å². The highest BCUT2D eigenvalue weighted by molar-refractivity contribution is 6.10. The number of benzene rings is 2. The smallest absolute Gasteiger partial charge is 0.193 e. The average Bonchev–Trinajstić information content (AvgIpc) is 2.70. The van der Waals surface area contributed by atoms with E-state index in [9.17, 15) is 4.79 Å². The molecule has 0 saturated heterocycles. The Morgan fingerprint density at radius 1 is 1.10 bits per heavy atom. The van der Waals surface area contributed by atoms with E-state index in [1.165, 1.54) is 5.56 Å². The molecule has 0 unspecified atom stereocenters. The summed E-state index contributed by atoms with van der Waals surface area (Å²) in [6.45, 7) is 8.16. The number of ketones is 1. The summed E-state index contributed by atoms with van der Waals surface area (Å²) >= 11 is 0. The fourth-order valence-electron chi connectivity index (χ4n) is 2.97. The molecule has 0 N–H and O–H groups in total. The topological polar surface area (TPSA) is 26.3 Å². The Hall–Kier alpha value is -2.09. The zero-order chi connectivity index (χ0) is 15.2. The minimum absolute atomic E-state index is 0.0833. The van der Waals surface area contributed by atoms with Crippen LogP contribution in [0.25, 0.3) is 0 Å².